The smallest absolute Gasteiger partial charge is 0.261 e. The fourth-order valence-corrected chi connectivity index (χ4v) is 1.77. The van der Waals surface area contributed by atoms with Crippen LogP contribution in [0.3, 0.4) is 0 Å². The van der Waals surface area contributed by atoms with E-state index in [1.165, 1.54) is 58.2 Å². The molecule has 1 fully saturated rings. The van der Waals surface area contributed by atoms with Crippen molar-refractivity contribution < 1.29 is 13.0 Å². The van der Waals surface area contributed by atoms with E-state index in [9.17, 15) is 8.42 Å². The molecule has 0 aliphatic carbocycles. The Hall–Kier alpha value is -0.130. The van der Waals surface area contributed by atoms with Gasteiger partial charge in [0.15, 0.2) is 0 Å². The first-order valence-electron chi connectivity index (χ1n) is 6.08. The predicted octanol–water partition coefficient (Wildman–Crippen LogP) is 2.17. The maximum absolute atomic E-state index is 9.19. The summed E-state index contributed by atoms with van der Waals surface area (Å²) in [6.45, 7) is 6.36. The zero-order valence-corrected chi connectivity index (χ0v) is 11.3. The van der Waals surface area contributed by atoms with Crippen LogP contribution in [0.25, 0.3) is 0 Å². The summed E-state index contributed by atoms with van der Waals surface area (Å²) >= 11 is 0. The highest BCUT2D eigenvalue weighted by Crippen LogP contribution is 2.09. The van der Waals surface area contributed by atoms with Crippen LogP contribution in [0.1, 0.15) is 45.4 Å². The number of hydrogen-bond acceptors (Lipinski definition) is 3. The Kier molecular flexibility index (Phi) is 8.89. The van der Waals surface area contributed by atoms with Crippen molar-refractivity contribution in [3.63, 3.8) is 0 Å². The van der Waals surface area contributed by atoms with E-state index in [1.54, 1.807) is 0 Å². The van der Waals surface area contributed by atoms with Crippen LogP contribution in [0.2, 0.25) is 0 Å². The second kappa shape index (κ2) is 8.96. The van der Waals surface area contributed by atoms with E-state index in [-0.39, 0.29) is 0 Å². The molecule has 1 aliphatic heterocycles. The Morgan fingerprint density at radius 3 is 2.06 bits per heavy atom. The van der Waals surface area contributed by atoms with E-state index < -0.39 is 10.1 Å². The molecule has 0 spiro atoms. The molecule has 1 N–H and O–H groups in total. The molecule has 0 aromatic rings. The molecule has 1 saturated heterocycles. The van der Waals surface area contributed by atoms with Crippen LogP contribution in [0.4, 0.5) is 0 Å². The quantitative estimate of drug-likeness (QED) is 0.614. The van der Waals surface area contributed by atoms with E-state index >= 15 is 0 Å². The minimum atomic E-state index is -3.67. The van der Waals surface area contributed by atoms with Gasteiger partial charge in [-0.05, 0) is 38.9 Å². The largest absolute Gasteiger partial charge is 0.303 e. The number of unbranched alkanes of at least 4 members (excludes halogenated alkanes) is 2. The number of nitrogens with zero attached hydrogens (tertiary/aromatic N) is 1. The maximum atomic E-state index is 9.19. The molecule has 4 nitrogen and oxygen atoms in total. The third kappa shape index (κ3) is 13.9. The number of likely N-dealkylation sites (tertiary alicyclic amines) is 1. The van der Waals surface area contributed by atoms with Crippen molar-refractivity contribution in [1.82, 2.24) is 4.90 Å². The average molecular weight is 251 g/mol. The van der Waals surface area contributed by atoms with Crippen molar-refractivity contribution in [2.24, 2.45) is 0 Å². The van der Waals surface area contributed by atoms with Crippen molar-refractivity contribution in [2.75, 3.05) is 25.9 Å². The van der Waals surface area contributed by atoms with Crippen molar-refractivity contribution in [2.45, 2.75) is 45.4 Å². The predicted molar refractivity (Wildman–Crippen MR) is 67.3 cm³/mol. The maximum Gasteiger partial charge on any atom is 0.261 e. The number of hydrogen-bond donors (Lipinski definition) is 1. The van der Waals surface area contributed by atoms with E-state index in [2.05, 4.69) is 11.8 Å². The van der Waals surface area contributed by atoms with Crippen LogP contribution in [-0.4, -0.2) is 43.8 Å². The van der Waals surface area contributed by atoms with Crippen molar-refractivity contribution in [3.8, 4) is 0 Å². The highest BCUT2D eigenvalue weighted by Gasteiger charge is 2.08. The van der Waals surface area contributed by atoms with Gasteiger partial charge in [-0.15, -0.1) is 0 Å². The molecular weight excluding hydrogens is 226 g/mol. The van der Waals surface area contributed by atoms with Crippen molar-refractivity contribution in [3.05, 3.63) is 0 Å². The van der Waals surface area contributed by atoms with Crippen LogP contribution in [0.15, 0.2) is 0 Å². The molecule has 1 heterocycles. The summed E-state index contributed by atoms with van der Waals surface area (Å²) < 4.78 is 25.9. The average Bonchev–Trinajstić information content (AvgIpc) is 2.17. The van der Waals surface area contributed by atoms with Gasteiger partial charge in [0.05, 0.1) is 6.26 Å². The molecule has 0 radical (unpaired) electrons. The van der Waals surface area contributed by atoms with Gasteiger partial charge in [0.25, 0.3) is 10.1 Å². The fraction of sp³-hybridized carbons (Fsp3) is 1.00. The summed E-state index contributed by atoms with van der Waals surface area (Å²) in [5.74, 6) is 0. The number of piperidine rings is 1. The first kappa shape index (κ1) is 15.9. The van der Waals surface area contributed by atoms with Gasteiger partial charge in [-0.2, -0.15) is 8.42 Å². The van der Waals surface area contributed by atoms with Crippen molar-refractivity contribution in [1.29, 1.82) is 0 Å². The molecule has 0 aromatic heterocycles. The lowest BCUT2D eigenvalue weighted by atomic mass is 10.1. The van der Waals surface area contributed by atoms with Crippen LogP contribution < -0.4 is 0 Å². The van der Waals surface area contributed by atoms with E-state index in [1.807, 2.05) is 0 Å². The van der Waals surface area contributed by atoms with Crippen LogP contribution in [0, 0.1) is 0 Å². The fourth-order valence-electron chi connectivity index (χ4n) is 1.77. The molecule has 0 amide bonds. The van der Waals surface area contributed by atoms with E-state index in [0.29, 0.717) is 6.26 Å². The Morgan fingerprint density at radius 1 is 1.12 bits per heavy atom. The third-order valence-corrected chi connectivity index (χ3v) is 2.53. The first-order valence-corrected chi connectivity index (χ1v) is 7.93. The van der Waals surface area contributed by atoms with Gasteiger partial charge < -0.3 is 4.90 Å². The summed E-state index contributed by atoms with van der Waals surface area (Å²) in [6.07, 6.45) is 9.23. The lowest BCUT2D eigenvalue weighted by Crippen LogP contribution is -2.30. The van der Waals surface area contributed by atoms with Crippen molar-refractivity contribution >= 4 is 10.1 Å². The Bertz CT molecular complexity index is 238. The van der Waals surface area contributed by atoms with Gasteiger partial charge in [0.1, 0.15) is 0 Å². The summed E-state index contributed by atoms with van der Waals surface area (Å²) in [4.78, 5) is 2.62. The van der Waals surface area contributed by atoms with Gasteiger partial charge in [-0.1, -0.05) is 26.2 Å². The topological polar surface area (TPSA) is 57.6 Å². The Morgan fingerprint density at radius 2 is 1.62 bits per heavy atom. The van der Waals surface area contributed by atoms with Gasteiger partial charge in [0.2, 0.25) is 0 Å². The van der Waals surface area contributed by atoms with E-state index in [4.69, 9.17) is 4.55 Å². The summed E-state index contributed by atoms with van der Waals surface area (Å²) in [7, 11) is -3.67. The van der Waals surface area contributed by atoms with E-state index in [0.717, 1.165) is 0 Å². The summed E-state index contributed by atoms with van der Waals surface area (Å²) in [5, 5.41) is 0. The molecule has 1 rings (SSSR count). The zero-order valence-electron chi connectivity index (χ0n) is 10.5. The highest BCUT2D eigenvalue weighted by atomic mass is 32.2. The normalized spacial score (nSPS) is 17.7. The molecule has 0 bridgehead atoms. The van der Waals surface area contributed by atoms with Gasteiger partial charge in [-0.25, -0.2) is 0 Å². The number of rotatable bonds is 4. The van der Waals surface area contributed by atoms with Gasteiger partial charge >= 0.3 is 0 Å². The zero-order chi connectivity index (χ0) is 12.4. The molecule has 0 unspecified atom stereocenters. The lowest BCUT2D eigenvalue weighted by Gasteiger charge is -2.26. The monoisotopic (exact) mass is 251 g/mol. The SMILES string of the molecule is CCCCCN1CCCCC1.CS(=O)(=O)O. The standard InChI is InChI=1S/C10H21N.CH4O3S/c1-2-3-5-8-11-9-6-4-7-10-11;1-5(2,3)4/h2-10H2,1H3;1H3,(H,2,3,4). The third-order valence-electron chi connectivity index (χ3n) is 2.53. The molecule has 0 atom stereocenters. The second-order valence-electron chi connectivity index (χ2n) is 4.34. The molecular formula is C11H25NO3S. The molecule has 5 heteroatoms. The molecule has 1 aliphatic rings. The molecule has 0 aromatic carbocycles. The molecule has 16 heavy (non-hydrogen) atoms. The minimum Gasteiger partial charge on any atom is -0.303 e. The summed E-state index contributed by atoms with van der Waals surface area (Å²) in [5.41, 5.74) is 0. The molecule has 98 valence electrons. The summed E-state index contributed by atoms with van der Waals surface area (Å²) in [6, 6.07) is 0. The second-order valence-corrected chi connectivity index (χ2v) is 5.81. The van der Waals surface area contributed by atoms with Gasteiger partial charge in [-0.3, -0.25) is 4.55 Å². The Labute approximate surface area is 99.8 Å². The minimum absolute atomic E-state index is 0.715. The van der Waals surface area contributed by atoms with Gasteiger partial charge in [0, 0.05) is 0 Å². The Balaban J connectivity index is 0.000000385. The van der Waals surface area contributed by atoms with Crippen LogP contribution in [-0.2, 0) is 10.1 Å². The van der Waals surface area contributed by atoms with Crippen LogP contribution in [0.5, 0.6) is 0 Å². The first-order chi connectivity index (χ1) is 7.43. The molecule has 0 saturated carbocycles. The highest BCUT2D eigenvalue weighted by molar-refractivity contribution is 7.85. The van der Waals surface area contributed by atoms with Crippen LogP contribution >= 0.6 is 0 Å². The lowest BCUT2D eigenvalue weighted by molar-refractivity contribution is 0.224.